The summed E-state index contributed by atoms with van der Waals surface area (Å²) in [7, 11) is -4.21. The summed E-state index contributed by atoms with van der Waals surface area (Å²) < 4.78 is 28.7. The van der Waals surface area contributed by atoms with Crippen LogP contribution in [0.5, 0.6) is 0 Å². The molecule has 1 N–H and O–H groups in total. The summed E-state index contributed by atoms with van der Waals surface area (Å²) in [6.07, 6.45) is 0. The van der Waals surface area contributed by atoms with Crippen LogP contribution in [0.2, 0.25) is 0 Å². The van der Waals surface area contributed by atoms with Crippen molar-refractivity contribution in [3.63, 3.8) is 0 Å². The van der Waals surface area contributed by atoms with Gasteiger partial charge in [-0.2, -0.15) is 0 Å². The van der Waals surface area contributed by atoms with E-state index in [1.165, 1.54) is 6.07 Å². The van der Waals surface area contributed by atoms with Crippen molar-refractivity contribution in [3.05, 3.63) is 143 Å². The van der Waals surface area contributed by atoms with Gasteiger partial charge < -0.3 is 5.32 Å². The molecular weight excluding hydrogens is 484 g/mol. The number of benzene rings is 4. The Morgan fingerprint density at radius 1 is 0.676 bits per heavy atom. The molecule has 0 unspecified atom stereocenters. The molecule has 0 saturated heterocycles. The first-order valence-electron chi connectivity index (χ1n) is 11.8. The molecule has 4 aromatic carbocycles. The number of hydrogen-bond acceptors (Lipinski definition) is 5. The lowest BCUT2D eigenvalue weighted by molar-refractivity contribution is 0.0958. The van der Waals surface area contributed by atoms with Gasteiger partial charge in [0.25, 0.3) is 10.0 Å². The van der Waals surface area contributed by atoms with Gasteiger partial charge in [0.2, 0.25) is 5.78 Å². The van der Waals surface area contributed by atoms with E-state index in [2.05, 4.69) is 5.32 Å². The average Bonchev–Trinajstić information content (AvgIpc) is 2.95. The quantitative estimate of drug-likeness (QED) is 0.342. The zero-order valence-electron chi connectivity index (χ0n) is 19.9. The highest BCUT2D eigenvalue weighted by molar-refractivity contribution is 7.89. The Hall–Kier alpha value is -4.49. The fraction of sp³-hybridized carbons (Fsp3) is 0.0667. The maximum atomic E-state index is 13.9. The number of nitrogens with one attached hydrogen (secondary N) is 1. The first kappa shape index (κ1) is 24.2. The number of allylic oxidation sites excluding steroid dienone is 1. The zero-order chi connectivity index (χ0) is 25.8. The number of carbonyl (C=O) groups excluding carboxylic acids is 2. The second kappa shape index (κ2) is 10.2. The van der Waals surface area contributed by atoms with E-state index in [1.54, 1.807) is 78.9 Å². The molecule has 1 aliphatic heterocycles. The van der Waals surface area contributed by atoms with Crippen LogP contribution >= 0.6 is 0 Å². The van der Waals surface area contributed by atoms with E-state index >= 15 is 0 Å². The molecule has 7 heteroatoms. The Morgan fingerprint density at radius 3 is 1.86 bits per heavy atom. The van der Waals surface area contributed by atoms with Crippen LogP contribution in [-0.4, -0.2) is 30.8 Å². The molecule has 6 nitrogen and oxygen atoms in total. The van der Waals surface area contributed by atoms with Crippen LogP contribution < -0.4 is 5.32 Å². The predicted molar refractivity (Wildman–Crippen MR) is 142 cm³/mol. The van der Waals surface area contributed by atoms with Gasteiger partial charge in [-0.1, -0.05) is 109 Å². The van der Waals surface area contributed by atoms with Gasteiger partial charge in [-0.15, -0.1) is 0 Å². The molecule has 0 aromatic heterocycles. The third-order valence-corrected chi connectivity index (χ3v) is 7.96. The number of rotatable bonds is 8. The van der Waals surface area contributed by atoms with Crippen molar-refractivity contribution in [2.24, 2.45) is 0 Å². The van der Waals surface area contributed by atoms with Gasteiger partial charge in [-0.3, -0.25) is 13.9 Å². The SMILES string of the molecule is O=C(CN1C(C(=O)c2ccccc2)=C(NCc2ccccc2)c2ccccc2S1(=O)=O)c1ccccc1. The first-order valence-corrected chi connectivity index (χ1v) is 13.2. The maximum absolute atomic E-state index is 13.9. The van der Waals surface area contributed by atoms with Crippen molar-refractivity contribution in [2.45, 2.75) is 11.4 Å². The van der Waals surface area contributed by atoms with Gasteiger partial charge in [-0.05, 0) is 11.6 Å². The summed E-state index contributed by atoms with van der Waals surface area (Å²) in [6.45, 7) is -0.151. The standard InChI is InChI=1S/C30H24N2O4S/c33-26(23-14-6-2-7-15-23)21-32-29(30(34)24-16-8-3-9-17-24)28(31-20-22-12-4-1-5-13-22)25-18-10-11-19-27(25)37(32,35)36/h1-19,31H,20-21H2. The van der Waals surface area contributed by atoms with Crippen molar-refractivity contribution in [1.29, 1.82) is 0 Å². The van der Waals surface area contributed by atoms with Crippen LogP contribution in [0, 0.1) is 0 Å². The molecule has 1 aliphatic rings. The summed E-state index contributed by atoms with van der Waals surface area (Å²) in [6, 6.07) is 33.1. The molecule has 0 spiro atoms. The third-order valence-electron chi connectivity index (χ3n) is 6.16. The summed E-state index contributed by atoms with van der Waals surface area (Å²) in [4.78, 5) is 27.2. The van der Waals surface area contributed by atoms with Crippen LogP contribution in [0.1, 0.15) is 31.8 Å². The molecule has 1 heterocycles. The summed E-state index contributed by atoms with van der Waals surface area (Å²) in [5, 5.41) is 3.32. The molecule has 0 radical (unpaired) electrons. The first-order chi connectivity index (χ1) is 18.0. The van der Waals surface area contributed by atoms with Crippen LogP contribution in [0.4, 0.5) is 0 Å². The number of hydrogen-bond donors (Lipinski definition) is 1. The van der Waals surface area contributed by atoms with Crippen molar-refractivity contribution in [3.8, 4) is 0 Å². The van der Waals surface area contributed by atoms with E-state index in [-0.39, 0.29) is 10.6 Å². The zero-order valence-corrected chi connectivity index (χ0v) is 20.7. The molecule has 0 bridgehead atoms. The minimum Gasteiger partial charge on any atom is -0.379 e. The van der Waals surface area contributed by atoms with Crippen LogP contribution in [0.3, 0.4) is 0 Å². The number of carbonyl (C=O) groups is 2. The summed E-state index contributed by atoms with van der Waals surface area (Å²) >= 11 is 0. The van der Waals surface area contributed by atoms with Crippen molar-refractivity contribution < 1.29 is 18.0 Å². The Balaban J connectivity index is 1.69. The van der Waals surface area contributed by atoms with Gasteiger partial charge in [-0.25, -0.2) is 8.42 Å². The fourth-order valence-electron chi connectivity index (χ4n) is 4.32. The van der Waals surface area contributed by atoms with Gasteiger partial charge >= 0.3 is 0 Å². The summed E-state index contributed by atoms with van der Waals surface area (Å²) in [5.74, 6) is -0.903. The van der Waals surface area contributed by atoms with E-state index < -0.39 is 28.1 Å². The number of sulfonamides is 1. The van der Waals surface area contributed by atoms with Crippen LogP contribution in [-0.2, 0) is 16.6 Å². The highest BCUT2D eigenvalue weighted by atomic mass is 32.2. The molecule has 4 aromatic rings. The van der Waals surface area contributed by atoms with Gasteiger partial charge in [0.15, 0.2) is 5.78 Å². The lowest BCUT2D eigenvalue weighted by Crippen LogP contribution is -2.42. The lowest BCUT2D eigenvalue weighted by Gasteiger charge is -2.33. The van der Waals surface area contributed by atoms with Gasteiger partial charge in [0.1, 0.15) is 5.70 Å². The van der Waals surface area contributed by atoms with Crippen molar-refractivity contribution >= 4 is 27.3 Å². The van der Waals surface area contributed by atoms with E-state index in [1.807, 2.05) is 30.3 Å². The minimum absolute atomic E-state index is 0.0380. The Kier molecular flexibility index (Phi) is 6.70. The molecule has 0 atom stereocenters. The number of nitrogens with zero attached hydrogens (tertiary/aromatic N) is 1. The van der Waals surface area contributed by atoms with Gasteiger partial charge in [0.05, 0.1) is 17.1 Å². The van der Waals surface area contributed by atoms with Crippen molar-refractivity contribution in [1.82, 2.24) is 9.62 Å². The van der Waals surface area contributed by atoms with E-state index in [9.17, 15) is 18.0 Å². The fourth-order valence-corrected chi connectivity index (χ4v) is 5.96. The topological polar surface area (TPSA) is 83.6 Å². The molecule has 0 saturated carbocycles. The highest BCUT2D eigenvalue weighted by Crippen LogP contribution is 2.37. The number of fused-ring (bicyclic) bond motifs is 1. The largest absolute Gasteiger partial charge is 0.379 e. The van der Waals surface area contributed by atoms with Gasteiger partial charge in [0, 0.05) is 23.2 Å². The second-order valence-corrected chi connectivity index (χ2v) is 10.4. The average molecular weight is 509 g/mol. The minimum atomic E-state index is -4.21. The molecule has 37 heavy (non-hydrogen) atoms. The normalized spacial score (nSPS) is 14.1. The predicted octanol–water partition coefficient (Wildman–Crippen LogP) is 4.92. The van der Waals surface area contributed by atoms with E-state index in [0.29, 0.717) is 28.9 Å². The van der Waals surface area contributed by atoms with Crippen molar-refractivity contribution in [2.75, 3.05) is 6.54 Å². The summed E-state index contributed by atoms with van der Waals surface area (Å²) in [5.41, 5.74) is 2.32. The molecule has 5 rings (SSSR count). The lowest BCUT2D eigenvalue weighted by atomic mass is 10.0. The third kappa shape index (κ3) is 4.81. The van der Waals surface area contributed by atoms with E-state index in [4.69, 9.17) is 0 Å². The molecule has 0 aliphatic carbocycles. The molecular formula is C30H24N2O4S. The highest BCUT2D eigenvalue weighted by Gasteiger charge is 2.41. The molecule has 184 valence electrons. The monoisotopic (exact) mass is 508 g/mol. The number of ketones is 2. The Morgan fingerprint density at radius 2 is 1.22 bits per heavy atom. The maximum Gasteiger partial charge on any atom is 0.265 e. The Bertz CT molecular complexity index is 1580. The van der Waals surface area contributed by atoms with Crippen LogP contribution in [0.15, 0.2) is 126 Å². The van der Waals surface area contributed by atoms with E-state index in [0.717, 1.165) is 9.87 Å². The van der Waals surface area contributed by atoms with Crippen LogP contribution in [0.25, 0.3) is 5.70 Å². The Labute approximate surface area is 215 Å². The smallest absolute Gasteiger partial charge is 0.265 e. The molecule has 0 amide bonds. The second-order valence-electron chi connectivity index (χ2n) is 8.55. The number of Topliss-reactive ketones (excluding diaryl/α,β-unsaturated/α-hetero) is 2. The molecule has 0 fully saturated rings.